The van der Waals surface area contributed by atoms with Crippen molar-refractivity contribution in [1.29, 1.82) is 0 Å². The van der Waals surface area contributed by atoms with Gasteiger partial charge in [0.05, 0.1) is 5.41 Å². The van der Waals surface area contributed by atoms with Crippen molar-refractivity contribution in [1.82, 2.24) is 10.2 Å². The Hall–Kier alpha value is -1.84. The first-order chi connectivity index (χ1) is 10.5. The Morgan fingerprint density at radius 1 is 1.36 bits per heavy atom. The molecule has 4 nitrogen and oxygen atoms in total. The van der Waals surface area contributed by atoms with E-state index in [2.05, 4.69) is 30.4 Å². The molecular weight excluding hydrogens is 276 g/mol. The Morgan fingerprint density at radius 2 is 2.14 bits per heavy atom. The smallest absolute Gasteiger partial charge is 0.230 e. The van der Waals surface area contributed by atoms with Crippen LogP contribution in [0.15, 0.2) is 24.3 Å². The maximum Gasteiger partial charge on any atom is 0.230 e. The number of benzene rings is 1. The summed E-state index contributed by atoms with van der Waals surface area (Å²) in [6.45, 7) is 5.94. The highest BCUT2D eigenvalue weighted by atomic mass is 16.2. The molecule has 0 bridgehead atoms. The van der Waals surface area contributed by atoms with E-state index in [1.807, 2.05) is 11.0 Å². The lowest BCUT2D eigenvalue weighted by molar-refractivity contribution is -0.127. The molecular formula is C18H24N2O2. The third-order valence-electron chi connectivity index (χ3n) is 5.04. The van der Waals surface area contributed by atoms with E-state index < -0.39 is 0 Å². The first-order valence-corrected chi connectivity index (χ1v) is 8.12. The summed E-state index contributed by atoms with van der Waals surface area (Å²) >= 11 is 0. The molecule has 118 valence electrons. The van der Waals surface area contributed by atoms with E-state index in [0.29, 0.717) is 12.5 Å². The summed E-state index contributed by atoms with van der Waals surface area (Å²) in [6.07, 6.45) is 2.86. The molecule has 1 unspecified atom stereocenters. The maximum atomic E-state index is 12.6. The Labute approximate surface area is 131 Å². The van der Waals surface area contributed by atoms with E-state index >= 15 is 0 Å². The van der Waals surface area contributed by atoms with E-state index in [0.717, 1.165) is 37.9 Å². The molecule has 0 radical (unpaired) electrons. The van der Waals surface area contributed by atoms with Crippen molar-refractivity contribution in [3.63, 3.8) is 0 Å². The maximum absolute atomic E-state index is 12.6. The van der Waals surface area contributed by atoms with Gasteiger partial charge in [0.2, 0.25) is 11.8 Å². The number of hydrogen-bond donors (Lipinski definition) is 1. The van der Waals surface area contributed by atoms with Crippen LogP contribution in [-0.2, 0) is 15.0 Å². The Bertz CT molecular complexity index is 593. The first-order valence-electron chi connectivity index (χ1n) is 8.12. The van der Waals surface area contributed by atoms with Crippen LogP contribution >= 0.6 is 0 Å². The number of aryl methyl sites for hydroxylation is 1. The summed E-state index contributed by atoms with van der Waals surface area (Å²) in [5, 5.41) is 3.13. The topological polar surface area (TPSA) is 49.4 Å². The van der Waals surface area contributed by atoms with E-state index in [-0.39, 0.29) is 17.2 Å². The molecule has 1 atom stereocenters. The number of nitrogens with zero attached hydrogens (tertiary/aromatic N) is 1. The fraction of sp³-hybridized carbons (Fsp3) is 0.556. The minimum absolute atomic E-state index is 0.132. The predicted octanol–water partition coefficient (Wildman–Crippen LogP) is 2.01. The van der Waals surface area contributed by atoms with Crippen LogP contribution in [0.1, 0.15) is 37.3 Å². The molecule has 1 aromatic rings. The van der Waals surface area contributed by atoms with Crippen LogP contribution in [0.3, 0.4) is 0 Å². The number of carbonyl (C=O) groups excluding carboxylic acids is 2. The molecule has 2 aliphatic rings. The quantitative estimate of drug-likeness (QED) is 0.925. The standard InChI is InChI=1S/C18H24N2O2/c1-13-4-3-5-16(10-13)18(7-8-18)17(22)19-11-15-6-9-20(12-15)14(2)21/h3-5,10,15H,6-9,11-12H2,1-2H3,(H,19,22). The van der Waals surface area contributed by atoms with Gasteiger partial charge in [-0.15, -0.1) is 0 Å². The molecule has 0 spiro atoms. The molecule has 1 saturated heterocycles. The van der Waals surface area contributed by atoms with E-state index in [4.69, 9.17) is 0 Å². The molecule has 4 heteroatoms. The van der Waals surface area contributed by atoms with Crippen LogP contribution in [0.4, 0.5) is 0 Å². The molecule has 3 rings (SSSR count). The van der Waals surface area contributed by atoms with Crippen LogP contribution < -0.4 is 5.32 Å². The lowest BCUT2D eigenvalue weighted by Crippen LogP contribution is -2.38. The Balaban J connectivity index is 1.58. The van der Waals surface area contributed by atoms with Crippen molar-refractivity contribution in [2.24, 2.45) is 5.92 Å². The number of rotatable bonds is 4. The predicted molar refractivity (Wildman–Crippen MR) is 85.5 cm³/mol. The molecule has 2 fully saturated rings. The monoisotopic (exact) mass is 300 g/mol. The normalized spacial score (nSPS) is 22.5. The van der Waals surface area contributed by atoms with Gasteiger partial charge in [-0.3, -0.25) is 9.59 Å². The number of carbonyl (C=O) groups is 2. The number of hydrogen-bond acceptors (Lipinski definition) is 2. The van der Waals surface area contributed by atoms with Crippen molar-refractivity contribution < 1.29 is 9.59 Å². The highest BCUT2D eigenvalue weighted by molar-refractivity contribution is 5.91. The zero-order valence-electron chi connectivity index (χ0n) is 13.4. The first kappa shape index (κ1) is 15.1. The van der Waals surface area contributed by atoms with Crippen molar-refractivity contribution in [2.45, 2.75) is 38.5 Å². The van der Waals surface area contributed by atoms with Gasteiger partial charge in [0, 0.05) is 26.6 Å². The van der Waals surface area contributed by atoms with Crippen LogP contribution in [0, 0.1) is 12.8 Å². The Morgan fingerprint density at radius 3 is 2.73 bits per heavy atom. The van der Waals surface area contributed by atoms with Gasteiger partial charge in [-0.05, 0) is 37.7 Å². The molecule has 2 amide bonds. The lowest BCUT2D eigenvalue weighted by Gasteiger charge is -2.19. The van der Waals surface area contributed by atoms with Gasteiger partial charge in [0.15, 0.2) is 0 Å². The van der Waals surface area contributed by atoms with Gasteiger partial charge >= 0.3 is 0 Å². The van der Waals surface area contributed by atoms with Gasteiger partial charge in [-0.25, -0.2) is 0 Å². The molecule has 1 N–H and O–H groups in total. The molecule has 22 heavy (non-hydrogen) atoms. The van der Waals surface area contributed by atoms with Crippen LogP contribution in [0.25, 0.3) is 0 Å². The van der Waals surface area contributed by atoms with Gasteiger partial charge in [0.25, 0.3) is 0 Å². The van der Waals surface area contributed by atoms with Gasteiger partial charge in [-0.1, -0.05) is 29.8 Å². The fourth-order valence-electron chi connectivity index (χ4n) is 3.41. The summed E-state index contributed by atoms with van der Waals surface area (Å²) in [4.78, 5) is 25.8. The third-order valence-corrected chi connectivity index (χ3v) is 5.04. The minimum Gasteiger partial charge on any atom is -0.355 e. The van der Waals surface area contributed by atoms with Crippen LogP contribution in [-0.4, -0.2) is 36.3 Å². The minimum atomic E-state index is -0.301. The molecule has 1 saturated carbocycles. The highest BCUT2D eigenvalue weighted by Gasteiger charge is 2.51. The molecule has 1 aromatic carbocycles. The Kier molecular flexibility index (Phi) is 3.94. The summed E-state index contributed by atoms with van der Waals surface area (Å²) in [7, 11) is 0. The largest absolute Gasteiger partial charge is 0.355 e. The van der Waals surface area contributed by atoms with Gasteiger partial charge in [0.1, 0.15) is 0 Å². The van der Waals surface area contributed by atoms with Crippen molar-refractivity contribution in [2.75, 3.05) is 19.6 Å². The molecule has 1 aliphatic heterocycles. The van der Waals surface area contributed by atoms with E-state index in [9.17, 15) is 9.59 Å². The zero-order valence-corrected chi connectivity index (χ0v) is 13.4. The second-order valence-corrected chi connectivity index (χ2v) is 6.78. The summed E-state index contributed by atoms with van der Waals surface area (Å²) < 4.78 is 0. The number of nitrogens with one attached hydrogen (secondary N) is 1. The van der Waals surface area contributed by atoms with Crippen molar-refractivity contribution in [3.05, 3.63) is 35.4 Å². The highest BCUT2D eigenvalue weighted by Crippen LogP contribution is 2.48. The van der Waals surface area contributed by atoms with Crippen LogP contribution in [0.2, 0.25) is 0 Å². The van der Waals surface area contributed by atoms with Gasteiger partial charge in [-0.2, -0.15) is 0 Å². The third kappa shape index (κ3) is 2.87. The van der Waals surface area contributed by atoms with E-state index in [1.165, 1.54) is 5.56 Å². The second kappa shape index (κ2) is 5.75. The fourth-order valence-corrected chi connectivity index (χ4v) is 3.41. The number of amides is 2. The number of likely N-dealkylation sites (tertiary alicyclic amines) is 1. The zero-order chi connectivity index (χ0) is 15.7. The lowest BCUT2D eigenvalue weighted by atomic mass is 9.93. The summed E-state index contributed by atoms with van der Waals surface area (Å²) in [6, 6.07) is 8.28. The van der Waals surface area contributed by atoms with Gasteiger partial charge < -0.3 is 10.2 Å². The van der Waals surface area contributed by atoms with Crippen LogP contribution in [0.5, 0.6) is 0 Å². The second-order valence-electron chi connectivity index (χ2n) is 6.78. The average Bonchev–Trinajstić information content (AvgIpc) is 3.16. The summed E-state index contributed by atoms with van der Waals surface area (Å²) in [5.41, 5.74) is 2.04. The molecule has 1 heterocycles. The van der Waals surface area contributed by atoms with E-state index in [1.54, 1.807) is 6.92 Å². The summed E-state index contributed by atoms with van der Waals surface area (Å²) in [5.74, 6) is 0.674. The molecule has 1 aliphatic carbocycles. The van der Waals surface area contributed by atoms with Crippen molar-refractivity contribution >= 4 is 11.8 Å². The van der Waals surface area contributed by atoms with Crippen molar-refractivity contribution in [3.8, 4) is 0 Å². The SMILES string of the molecule is CC(=O)N1CCC(CNC(=O)C2(c3cccc(C)c3)CC2)C1. The molecule has 0 aromatic heterocycles. The average molecular weight is 300 g/mol.